The van der Waals surface area contributed by atoms with Crippen LogP contribution in [0.4, 0.5) is 11.5 Å². The first kappa shape index (κ1) is 9.77. The molecule has 0 aromatic carbocycles. The molecule has 0 unspecified atom stereocenters. The van der Waals surface area contributed by atoms with Gasteiger partial charge in [0.15, 0.2) is 5.82 Å². The highest BCUT2D eigenvalue weighted by molar-refractivity contribution is 5.87. The van der Waals surface area contributed by atoms with Gasteiger partial charge < -0.3 is 5.32 Å². The summed E-state index contributed by atoms with van der Waals surface area (Å²) in [6.45, 7) is 2.00. The largest absolute Gasteiger partial charge is 0.336 e. The van der Waals surface area contributed by atoms with Crippen molar-refractivity contribution in [2.24, 2.45) is 0 Å². The Bertz CT molecular complexity index is 659. The van der Waals surface area contributed by atoms with Crippen molar-refractivity contribution in [2.45, 2.75) is 6.92 Å². The maximum Gasteiger partial charge on any atom is 0.178 e. The van der Waals surface area contributed by atoms with Crippen molar-refractivity contribution >= 4 is 22.5 Å². The van der Waals surface area contributed by atoms with Gasteiger partial charge in [-0.1, -0.05) is 0 Å². The summed E-state index contributed by atoms with van der Waals surface area (Å²) in [5.41, 5.74) is 3.75. The third-order valence-electron chi connectivity index (χ3n) is 2.46. The van der Waals surface area contributed by atoms with Crippen LogP contribution in [0.3, 0.4) is 0 Å². The highest BCUT2D eigenvalue weighted by atomic mass is 15.2. The number of aromatic amines is 1. The normalized spacial score (nSPS) is 10.6. The second-order valence-electron chi connectivity index (χ2n) is 3.85. The maximum absolute atomic E-state index is 4.28. The van der Waals surface area contributed by atoms with Crippen molar-refractivity contribution in [1.29, 1.82) is 0 Å². The monoisotopic (exact) mass is 225 g/mol. The van der Waals surface area contributed by atoms with Crippen molar-refractivity contribution in [3.8, 4) is 0 Å². The van der Waals surface area contributed by atoms with E-state index in [1.165, 1.54) is 0 Å². The van der Waals surface area contributed by atoms with Gasteiger partial charge in [0.25, 0.3) is 0 Å². The Morgan fingerprint density at radius 2 is 2.24 bits per heavy atom. The fraction of sp³-hybridized carbons (Fsp3) is 0.0833. The molecule has 17 heavy (non-hydrogen) atoms. The van der Waals surface area contributed by atoms with Gasteiger partial charge in [-0.3, -0.25) is 15.1 Å². The van der Waals surface area contributed by atoms with Gasteiger partial charge in [-0.2, -0.15) is 5.10 Å². The number of anilines is 2. The molecule has 0 bridgehead atoms. The summed E-state index contributed by atoms with van der Waals surface area (Å²) in [5, 5.41) is 10.3. The van der Waals surface area contributed by atoms with Gasteiger partial charge in [-0.15, -0.1) is 0 Å². The summed E-state index contributed by atoms with van der Waals surface area (Å²) < 4.78 is 0. The molecule has 0 aliphatic rings. The number of aryl methyl sites for hydroxylation is 1. The molecule has 0 aliphatic heterocycles. The number of rotatable bonds is 2. The zero-order chi connectivity index (χ0) is 11.7. The van der Waals surface area contributed by atoms with Crippen LogP contribution in [0.25, 0.3) is 11.0 Å². The van der Waals surface area contributed by atoms with E-state index in [9.17, 15) is 0 Å². The molecule has 5 nitrogen and oxygen atoms in total. The molecular formula is C12H11N5. The predicted octanol–water partition coefficient (Wildman–Crippen LogP) is 2.40. The molecule has 0 spiro atoms. The minimum atomic E-state index is 0.716. The van der Waals surface area contributed by atoms with Gasteiger partial charge in [0, 0.05) is 12.4 Å². The number of fused-ring (bicyclic) bond motifs is 1. The molecule has 5 heteroatoms. The number of nitrogens with zero attached hydrogens (tertiary/aromatic N) is 3. The molecule has 0 saturated heterocycles. The standard InChI is InChI=1S/C12H11N5/c1-8-5-9(7-13-6-8)15-12-11-10(16-17-12)3-2-4-14-11/h2-7H,1H3,(H2,15,16,17). The van der Waals surface area contributed by atoms with Crippen LogP contribution in [0, 0.1) is 6.92 Å². The lowest BCUT2D eigenvalue weighted by Gasteiger charge is -2.02. The van der Waals surface area contributed by atoms with Crippen molar-refractivity contribution in [3.05, 3.63) is 42.4 Å². The summed E-state index contributed by atoms with van der Waals surface area (Å²) in [6, 6.07) is 5.82. The Balaban J connectivity index is 2.00. The second-order valence-corrected chi connectivity index (χ2v) is 3.85. The Labute approximate surface area is 97.9 Å². The van der Waals surface area contributed by atoms with Crippen molar-refractivity contribution in [3.63, 3.8) is 0 Å². The zero-order valence-corrected chi connectivity index (χ0v) is 9.31. The summed E-state index contributed by atoms with van der Waals surface area (Å²) in [5.74, 6) is 0.716. The molecule has 0 radical (unpaired) electrons. The molecule has 84 valence electrons. The van der Waals surface area contributed by atoms with Crippen molar-refractivity contribution < 1.29 is 0 Å². The average molecular weight is 225 g/mol. The number of hydrogen-bond donors (Lipinski definition) is 2. The minimum Gasteiger partial charge on any atom is -0.336 e. The van der Waals surface area contributed by atoms with Crippen molar-refractivity contribution in [2.75, 3.05) is 5.32 Å². The second kappa shape index (κ2) is 3.86. The summed E-state index contributed by atoms with van der Waals surface area (Å²) in [7, 11) is 0. The zero-order valence-electron chi connectivity index (χ0n) is 9.31. The molecular weight excluding hydrogens is 214 g/mol. The van der Waals surface area contributed by atoms with Gasteiger partial charge in [0.2, 0.25) is 0 Å². The molecule has 0 amide bonds. The lowest BCUT2D eigenvalue weighted by molar-refractivity contribution is 1.12. The van der Waals surface area contributed by atoms with Crippen LogP contribution >= 0.6 is 0 Å². The quantitative estimate of drug-likeness (QED) is 0.702. The van der Waals surface area contributed by atoms with Crippen LogP contribution in [0.5, 0.6) is 0 Å². The Kier molecular flexibility index (Phi) is 2.22. The first-order valence-electron chi connectivity index (χ1n) is 5.31. The van der Waals surface area contributed by atoms with E-state index in [2.05, 4.69) is 25.5 Å². The van der Waals surface area contributed by atoms with E-state index in [1.54, 1.807) is 12.4 Å². The fourth-order valence-electron chi connectivity index (χ4n) is 1.70. The lowest BCUT2D eigenvalue weighted by Crippen LogP contribution is -1.93. The van der Waals surface area contributed by atoms with E-state index in [0.29, 0.717) is 5.82 Å². The van der Waals surface area contributed by atoms with Crippen LogP contribution < -0.4 is 5.32 Å². The van der Waals surface area contributed by atoms with E-state index in [0.717, 1.165) is 22.3 Å². The number of nitrogens with one attached hydrogen (secondary N) is 2. The van der Waals surface area contributed by atoms with E-state index in [4.69, 9.17) is 0 Å². The highest BCUT2D eigenvalue weighted by Gasteiger charge is 2.06. The summed E-state index contributed by atoms with van der Waals surface area (Å²) >= 11 is 0. The van der Waals surface area contributed by atoms with Crippen LogP contribution in [-0.2, 0) is 0 Å². The van der Waals surface area contributed by atoms with E-state index >= 15 is 0 Å². The van der Waals surface area contributed by atoms with E-state index in [-0.39, 0.29) is 0 Å². The number of pyridine rings is 2. The molecule has 0 saturated carbocycles. The molecule has 3 rings (SSSR count). The number of aromatic nitrogens is 4. The smallest absolute Gasteiger partial charge is 0.178 e. The van der Waals surface area contributed by atoms with E-state index < -0.39 is 0 Å². The third-order valence-corrected chi connectivity index (χ3v) is 2.46. The molecule has 0 aliphatic carbocycles. The van der Waals surface area contributed by atoms with Crippen LogP contribution in [0.1, 0.15) is 5.56 Å². The molecule has 3 aromatic heterocycles. The minimum absolute atomic E-state index is 0.716. The molecule has 3 aromatic rings. The first-order chi connectivity index (χ1) is 8.33. The van der Waals surface area contributed by atoms with Crippen LogP contribution in [0.15, 0.2) is 36.8 Å². The fourth-order valence-corrected chi connectivity index (χ4v) is 1.70. The topological polar surface area (TPSA) is 66.5 Å². The average Bonchev–Trinajstić information content (AvgIpc) is 2.73. The Hall–Kier alpha value is -2.43. The molecule has 2 N–H and O–H groups in total. The van der Waals surface area contributed by atoms with Crippen molar-refractivity contribution in [1.82, 2.24) is 20.2 Å². The van der Waals surface area contributed by atoms with Gasteiger partial charge in [0.1, 0.15) is 5.52 Å². The van der Waals surface area contributed by atoms with Crippen LogP contribution in [-0.4, -0.2) is 20.2 Å². The summed E-state index contributed by atoms with van der Waals surface area (Å²) in [6.07, 6.45) is 5.32. The lowest BCUT2D eigenvalue weighted by atomic mass is 10.3. The van der Waals surface area contributed by atoms with Gasteiger partial charge in [-0.05, 0) is 30.7 Å². The van der Waals surface area contributed by atoms with Gasteiger partial charge in [0.05, 0.1) is 17.4 Å². The van der Waals surface area contributed by atoms with Crippen LogP contribution in [0.2, 0.25) is 0 Å². The van der Waals surface area contributed by atoms with E-state index in [1.807, 2.05) is 31.3 Å². The maximum atomic E-state index is 4.28. The highest BCUT2D eigenvalue weighted by Crippen LogP contribution is 2.21. The third kappa shape index (κ3) is 1.82. The van der Waals surface area contributed by atoms with Gasteiger partial charge >= 0.3 is 0 Å². The predicted molar refractivity (Wildman–Crippen MR) is 66.1 cm³/mol. The number of hydrogen-bond acceptors (Lipinski definition) is 4. The number of H-pyrrole nitrogens is 1. The summed E-state index contributed by atoms with van der Waals surface area (Å²) in [4.78, 5) is 8.41. The molecule has 3 heterocycles. The Morgan fingerprint density at radius 3 is 3.12 bits per heavy atom. The molecule has 0 atom stereocenters. The SMILES string of the molecule is Cc1cncc(Nc2n[nH]c3cccnc23)c1. The first-order valence-corrected chi connectivity index (χ1v) is 5.31. The Morgan fingerprint density at radius 1 is 1.29 bits per heavy atom. The molecule has 0 fully saturated rings. The van der Waals surface area contributed by atoms with Gasteiger partial charge in [-0.25, -0.2) is 0 Å².